The zero-order chi connectivity index (χ0) is 20.8. The number of ether oxygens (including phenoxy) is 2. The number of oxazole rings is 1. The summed E-state index contributed by atoms with van der Waals surface area (Å²) in [6.07, 6.45) is 0.388. The molecule has 0 aliphatic carbocycles. The van der Waals surface area contributed by atoms with E-state index in [2.05, 4.69) is 10.1 Å². The lowest BCUT2D eigenvalue weighted by Crippen LogP contribution is -2.44. The highest BCUT2D eigenvalue weighted by Crippen LogP contribution is 2.17. The highest BCUT2D eigenvalue weighted by Gasteiger charge is 2.25. The number of amides is 1. The number of carbonyl (C=O) groups excluding carboxylic acids is 3. The van der Waals surface area contributed by atoms with E-state index in [1.165, 1.54) is 14.0 Å². The summed E-state index contributed by atoms with van der Waals surface area (Å²) in [4.78, 5) is 48.2. The molecule has 1 aromatic heterocycles. The average Bonchev–Trinajstić information content (AvgIpc) is 2.99. The Hall–Kier alpha value is -3.10. The number of benzene rings is 1. The smallest absolute Gasteiger partial charge is 0.420 e. The summed E-state index contributed by atoms with van der Waals surface area (Å²) in [5.74, 6) is -2.53. The summed E-state index contributed by atoms with van der Waals surface area (Å²) in [5, 5.41) is 2.49. The quantitative estimate of drug-likeness (QED) is 0.675. The number of hydrogen-bond donors (Lipinski definition) is 1. The second-order valence-corrected chi connectivity index (χ2v) is 6.76. The standard InChI is InChI=1S/C19H24N2O7/c1-11(2)9-13(18(24)26-4)20-16(22)10-27-17(23)12(3)21-14-7-5-6-8-15(14)28-19(21)25/h5-8,11-13H,9-10H2,1-4H3,(H,20,22). The number of para-hydroxylation sites is 2. The van der Waals surface area contributed by atoms with Crippen molar-refractivity contribution < 1.29 is 28.3 Å². The first-order valence-electron chi connectivity index (χ1n) is 8.88. The fourth-order valence-electron chi connectivity index (χ4n) is 2.78. The first-order chi connectivity index (χ1) is 13.2. The topological polar surface area (TPSA) is 117 Å². The molecule has 0 aliphatic rings. The van der Waals surface area contributed by atoms with Crippen LogP contribution >= 0.6 is 0 Å². The molecule has 152 valence electrons. The van der Waals surface area contributed by atoms with Gasteiger partial charge >= 0.3 is 17.7 Å². The molecular formula is C19H24N2O7. The number of hydrogen-bond acceptors (Lipinski definition) is 7. The Balaban J connectivity index is 2.00. The molecule has 1 amide bonds. The van der Waals surface area contributed by atoms with E-state index >= 15 is 0 Å². The van der Waals surface area contributed by atoms with Gasteiger partial charge in [0.15, 0.2) is 12.2 Å². The van der Waals surface area contributed by atoms with Gasteiger partial charge in [0, 0.05) is 0 Å². The molecule has 1 N–H and O–H groups in total. The summed E-state index contributed by atoms with van der Waals surface area (Å²) in [6, 6.07) is 4.85. The molecule has 0 fully saturated rings. The van der Waals surface area contributed by atoms with Gasteiger partial charge in [-0.1, -0.05) is 26.0 Å². The maximum absolute atomic E-state index is 12.3. The molecule has 0 spiro atoms. The van der Waals surface area contributed by atoms with Gasteiger partial charge in [-0.05, 0) is 31.4 Å². The number of rotatable bonds is 8. The molecule has 0 aliphatic heterocycles. The van der Waals surface area contributed by atoms with Crippen molar-refractivity contribution in [2.75, 3.05) is 13.7 Å². The first-order valence-corrected chi connectivity index (χ1v) is 8.88. The molecule has 0 radical (unpaired) electrons. The Morgan fingerprint density at radius 2 is 1.82 bits per heavy atom. The number of methoxy groups -OCH3 is 1. The van der Waals surface area contributed by atoms with E-state index in [1.807, 2.05) is 13.8 Å². The van der Waals surface area contributed by atoms with Crippen LogP contribution in [0.15, 0.2) is 33.5 Å². The number of fused-ring (bicyclic) bond motifs is 1. The van der Waals surface area contributed by atoms with Gasteiger partial charge in [0.1, 0.15) is 12.1 Å². The minimum atomic E-state index is -0.990. The van der Waals surface area contributed by atoms with Gasteiger partial charge in [0.25, 0.3) is 5.91 Å². The van der Waals surface area contributed by atoms with E-state index in [0.717, 1.165) is 4.57 Å². The molecule has 9 nitrogen and oxygen atoms in total. The van der Waals surface area contributed by atoms with Crippen molar-refractivity contribution in [2.24, 2.45) is 5.92 Å². The summed E-state index contributed by atoms with van der Waals surface area (Å²) < 4.78 is 15.9. The summed E-state index contributed by atoms with van der Waals surface area (Å²) in [5.41, 5.74) is 0.795. The van der Waals surface area contributed by atoms with E-state index in [9.17, 15) is 19.2 Å². The summed E-state index contributed by atoms with van der Waals surface area (Å²) in [6.45, 7) is 4.69. The molecule has 2 atom stereocenters. The molecule has 1 aromatic carbocycles. The van der Waals surface area contributed by atoms with Crippen molar-refractivity contribution in [1.29, 1.82) is 0 Å². The van der Waals surface area contributed by atoms with Crippen molar-refractivity contribution in [3.05, 3.63) is 34.8 Å². The average molecular weight is 392 g/mol. The van der Waals surface area contributed by atoms with Crippen LogP contribution in [0.1, 0.15) is 33.2 Å². The monoisotopic (exact) mass is 392 g/mol. The molecule has 0 saturated carbocycles. The zero-order valence-corrected chi connectivity index (χ0v) is 16.3. The molecule has 28 heavy (non-hydrogen) atoms. The molecule has 2 aromatic rings. The molecule has 1 heterocycles. The van der Waals surface area contributed by atoms with Gasteiger partial charge in [0.05, 0.1) is 12.6 Å². The van der Waals surface area contributed by atoms with E-state index in [1.54, 1.807) is 24.3 Å². The lowest BCUT2D eigenvalue weighted by atomic mass is 10.0. The third kappa shape index (κ3) is 4.99. The molecule has 2 unspecified atom stereocenters. The summed E-state index contributed by atoms with van der Waals surface area (Å²) in [7, 11) is 1.23. The van der Waals surface area contributed by atoms with Crippen LogP contribution in [0.5, 0.6) is 0 Å². The van der Waals surface area contributed by atoms with Crippen molar-refractivity contribution in [3.8, 4) is 0 Å². The molecule has 0 bridgehead atoms. The Kier molecular flexibility index (Phi) is 6.97. The maximum atomic E-state index is 12.3. The fourth-order valence-corrected chi connectivity index (χ4v) is 2.78. The van der Waals surface area contributed by atoms with Crippen molar-refractivity contribution in [3.63, 3.8) is 0 Å². The zero-order valence-electron chi connectivity index (χ0n) is 16.3. The van der Waals surface area contributed by atoms with Crippen LogP contribution in [0.4, 0.5) is 0 Å². The number of carbonyl (C=O) groups is 3. The van der Waals surface area contributed by atoms with E-state index in [4.69, 9.17) is 9.15 Å². The van der Waals surface area contributed by atoms with Gasteiger partial charge in [-0.3, -0.25) is 9.36 Å². The van der Waals surface area contributed by atoms with Gasteiger partial charge in [-0.2, -0.15) is 0 Å². The fraction of sp³-hybridized carbons (Fsp3) is 0.474. The first kappa shape index (κ1) is 21.2. The van der Waals surface area contributed by atoms with Gasteiger partial charge in [-0.15, -0.1) is 0 Å². The van der Waals surface area contributed by atoms with Crippen molar-refractivity contribution >= 4 is 28.9 Å². The number of aromatic nitrogens is 1. The van der Waals surface area contributed by atoms with Crippen LogP contribution in [0.3, 0.4) is 0 Å². The predicted molar refractivity (Wildman–Crippen MR) is 99.5 cm³/mol. The van der Waals surface area contributed by atoms with Crippen molar-refractivity contribution in [1.82, 2.24) is 9.88 Å². The van der Waals surface area contributed by atoms with Crippen LogP contribution in [-0.4, -0.2) is 42.2 Å². The second kappa shape index (κ2) is 9.20. The Morgan fingerprint density at radius 1 is 1.14 bits per heavy atom. The number of nitrogens with zero attached hydrogens (tertiary/aromatic N) is 1. The molecule has 0 saturated heterocycles. The van der Waals surface area contributed by atoms with Crippen LogP contribution in [0.2, 0.25) is 0 Å². The SMILES string of the molecule is COC(=O)C(CC(C)C)NC(=O)COC(=O)C(C)n1c(=O)oc2ccccc21. The molecule has 9 heteroatoms. The minimum absolute atomic E-state index is 0.146. The lowest BCUT2D eigenvalue weighted by molar-refractivity contribution is -0.152. The van der Waals surface area contributed by atoms with Crippen LogP contribution < -0.4 is 11.1 Å². The maximum Gasteiger partial charge on any atom is 0.420 e. The molecule has 2 rings (SSSR count). The summed E-state index contributed by atoms with van der Waals surface area (Å²) >= 11 is 0. The van der Waals surface area contributed by atoms with E-state index in [-0.39, 0.29) is 5.92 Å². The molecular weight excluding hydrogens is 368 g/mol. The van der Waals surface area contributed by atoms with Gasteiger partial charge < -0.3 is 19.2 Å². The Morgan fingerprint density at radius 3 is 2.46 bits per heavy atom. The third-order valence-electron chi connectivity index (χ3n) is 4.12. The van der Waals surface area contributed by atoms with Crippen LogP contribution in [0, 0.1) is 5.92 Å². The Labute approximate surface area is 161 Å². The van der Waals surface area contributed by atoms with Gasteiger partial charge in [0.2, 0.25) is 0 Å². The highest BCUT2D eigenvalue weighted by molar-refractivity contribution is 5.87. The predicted octanol–water partition coefficient (Wildman–Crippen LogP) is 1.40. The third-order valence-corrected chi connectivity index (χ3v) is 4.12. The van der Waals surface area contributed by atoms with Crippen LogP contribution in [-0.2, 0) is 23.9 Å². The van der Waals surface area contributed by atoms with Gasteiger partial charge in [-0.25, -0.2) is 14.4 Å². The Bertz CT molecular complexity index is 912. The largest absolute Gasteiger partial charge is 0.467 e. The second-order valence-electron chi connectivity index (χ2n) is 6.76. The minimum Gasteiger partial charge on any atom is -0.467 e. The van der Waals surface area contributed by atoms with E-state index in [0.29, 0.717) is 17.5 Å². The normalized spacial score (nSPS) is 13.2. The van der Waals surface area contributed by atoms with Crippen LogP contribution in [0.25, 0.3) is 11.1 Å². The lowest BCUT2D eigenvalue weighted by Gasteiger charge is -2.18. The number of nitrogens with one attached hydrogen (secondary N) is 1. The van der Waals surface area contributed by atoms with E-state index < -0.39 is 42.3 Å². The number of esters is 2. The van der Waals surface area contributed by atoms with Crippen molar-refractivity contribution in [2.45, 2.75) is 39.3 Å². The highest BCUT2D eigenvalue weighted by atomic mass is 16.5.